The van der Waals surface area contributed by atoms with Gasteiger partial charge in [-0.1, -0.05) is 47.5 Å². The molecule has 1 aliphatic heterocycles. The van der Waals surface area contributed by atoms with Crippen LogP contribution in [0.1, 0.15) is 35.2 Å². The lowest BCUT2D eigenvalue weighted by molar-refractivity contribution is -0.140. The fraction of sp³-hybridized carbons (Fsp3) is 0.192. The molecule has 4 rings (SSSR count). The molecule has 3 aromatic rings. The zero-order valence-electron chi connectivity index (χ0n) is 18.3. The quantitative estimate of drug-likeness (QED) is 0.314. The van der Waals surface area contributed by atoms with E-state index in [0.717, 1.165) is 16.7 Å². The van der Waals surface area contributed by atoms with Crippen LogP contribution in [0, 0.1) is 6.92 Å². The molecule has 0 saturated carbocycles. The number of Topliss-reactive ketones (excluding diaryl/α,β-unsaturated/α-hetero) is 1. The van der Waals surface area contributed by atoms with Crippen LogP contribution >= 0.6 is 11.6 Å². The summed E-state index contributed by atoms with van der Waals surface area (Å²) in [5.74, 6) is -1.30. The number of halogens is 1. The number of aliphatic hydroxyl groups excluding tert-OH is 1. The average molecular weight is 463 g/mol. The number of aliphatic hydroxyl groups is 1. The summed E-state index contributed by atoms with van der Waals surface area (Å²) in [7, 11) is 0. The Kier molecular flexibility index (Phi) is 6.47. The first kappa shape index (κ1) is 22.6. The third-order valence-electron chi connectivity index (χ3n) is 5.48. The van der Waals surface area contributed by atoms with Crippen LogP contribution in [0.5, 0.6) is 5.75 Å². The van der Waals surface area contributed by atoms with Crippen molar-refractivity contribution in [3.8, 4) is 5.75 Å². The summed E-state index contributed by atoms with van der Waals surface area (Å²) in [4.78, 5) is 31.9. The first-order chi connectivity index (χ1) is 15.9. The lowest BCUT2D eigenvalue weighted by atomic mass is 9.94. The molecule has 33 heavy (non-hydrogen) atoms. The molecule has 0 radical (unpaired) electrons. The minimum atomic E-state index is -0.753. The summed E-state index contributed by atoms with van der Waals surface area (Å²) < 4.78 is 5.53. The van der Waals surface area contributed by atoms with Gasteiger partial charge < -0.3 is 14.7 Å². The molecule has 7 heteroatoms. The number of carbonyl (C=O) groups is 2. The van der Waals surface area contributed by atoms with Crippen LogP contribution in [0.25, 0.3) is 5.76 Å². The molecular formula is C26H23ClN2O4. The predicted molar refractivity (Wildman–Crippen MR) is 126 cm³/mol. The van der Waals surface area contributed by atoms with Crippen LogP contribution in [0.15, 0.2) is 72.6 Å². The van der Waals surface area contributed by atoms with Gasteiger partial charge >= 0.3 is 0 Å². The minimum absolute atomic E-state index is 0.0271. The van der Waals surface area contributed by atoms with Gasteiger partial charge in [-0.15, -0.1) is 0 Å². The summed E-state index contributed by atoms with van der Waals surface area (Å²) in [5.41, 5.74) is 2.87. The molecule has 0 bridgehead atoms. The highest BCUT2D eigenvalue weighted by molar-refractivity contribution is 6.46. The van der Waals surface area contributed by atoms with Crippen molar-refractivity contribution >= 4 is 29.1 Å². The van der Waals surface area contributed by atoms with Gasteiger partial charge in [0.25, 0.3) is 11.7 Å². The minimum Gasteiger partial charge on any atom is -0.507 e. The van der Waals surface area contributed by atoms with E-state index in [-0.39, 0.29) is 17.9 Å². The molecule has 168 valence electrons. The van der Waals surface area contributed by atoms with Crippen LogP contribution in [0.3, 0.4) is 0 Å². The maximum atomic E-state index is 13.2. The van der Waals surface area contributed by atoms with E-state index in [1.54, 1.807) is 36.7 Å². The van der Waals surface area contributed by atoms with Crippen LogP contribution in [-0.2, 0) is 16.1 Å². The molecule has 1 atom stereocenters. The molecule has 0 spiro atoms. The molecule has 2 heterocycles. The van der Waals surface area contributed by atoms with Crippen LogP contribution in [0.2, 0.25) is 5.02 Å². The highest BCUT2D eigenvalue weighted by atomic mass is 35.5. The number of hydrogen-bond donors (Lipinski definition) is 1. The summed E-state index contributed by atoms with van der Waals surface area (Å²) in [6.45, 7) is 4.33. The van der Waals surface area contributed by atoms with E-state index in [0.29, 0.717) is 22.9 Å². The van der Waals surface area contributed by atoms with E-state index in [1.807, 2.05) is 44.2 Å². The fourth-order valence-electron chi connectivity index (χ4n) is 3.99. The van der Waals surface area contributed by atoms with Gasteiger partial charge in [-0.25, -0.2) is 0 Å². The average Bonchev–Trinajstić information content (AvgIpc) is 3.06. The van der Waals surface area contributed by atoms with E-state index in [2.05, 4.69) is 4.98 Å². The van der Waals surface area contributed by atoms with Gasteiger partial charge in [-0.05, 0) is 49.2 Å². The number of nitrogens with zero attached hydrogens (tertiary/aromatic N) is 2. The molecule has 1 amide bonds. The Morgan fingerprint density at radius 3 is 2.67 bits per heavy atom. The second-order valence-corrected chi connectivity index (χ2v) is 8.19. The number of hydrogen-bond acceptors (Lipinski definition) is 5. The van der Waals surface area contributed by atoms with E-state index in [9.17, 15) is 14.7 Å². The third kappa shape index (κ3) is 4.47. The second kappa shape index (κ2) is 9.46. The monoisotopic (exact) mass is 462 g/mol. The van der Waals surface area contributed by atoms with Gasteiger partial charge in [0, 0.05) is 24.5 Å². The van der Waals surface area contributed by atoms with E-state index in [4.69, 9.17) is 16.3 Å². The molecule has 6 nitrogen and oxygen atoms in total. The van der Waals surface area contributed by atoms with Crippen molar-refractivity contribution in [2.24, 2.45) is 0 Å². The first-order valence-corrected chi connectivity index (χ1v) is 10.9. The molecule has 0 aliphatic carbocycles. The molecular weight excluding hydrogens is 440 g/mol. The number of aryl methyl sites for hydroxylation is 1. The highest BCUT2D eigenvalue weighted by Crippen LogP contribution is 2.41. The van der Waals surface area contributed by atoms with Crippen LogP contribution in [0.4, 0.5) is 0 Å². The van der Waals surface area contributed by atoms with Gasteiger partial charge in [-0.3, -0.25) is 14.6 Å². The molecule has 1 aliphatic rings. The number of amides is 1. The van der Waals surface area contributed by atoms with Gasteiger partial charge in [0.2, 0.25) is 0 Å². The normalized spacial score (nSPS) is 17.4. The molecule has 2 aromatic carbocycles. The van der Waals surface area contributed by atoms with Gasteiger partial charge in [0.15, 0.2) is 0 Å². The Morgan fingerprint density at radius 2 is 1.97 bits per heavy atom. The molecule has 1 aromatic heterocycles. The Morgan fingerprint density at radius 1 is 1.15 bits per heavy atom. The van der Waals surface area contributed by atoms with Crippen LogP contribution in [-0.4, -0.2) is 33.3 Å². The topological polar surface area (TPSA) is 79.7 Å². The number of pyridine rings is 1. The lowest BCUT2D eigenvalue weighted by Gasteiger charge is -2.25. The largest absolute Gasteiger partial charge is 0.507 e. The Hall–Kier alpha value is -3.64. The SMILES string of the molecule is CCOc1cc(/C(O)=C2/C(=O)C(=O)N(Cc3cccnc3)C2c2cccc(C)c2)ccc1Cl. The molecule has 1 unspecified atom stereocenters. The van der Waals surface area contributed by atoms with Gasteiger partial charge in [0.05, 0.1) is 23.2 Å². The second-order valence-electron chi connectivity index (χ2n) is 7.78. The summed E-state index contributed by atoms with van der Waals surface area (Å²) in [6, 6.07) is 15.2. The smallest absolute Gasteiger partial charge is 0.295 e. The fourth-order valence-corrected chi connectivity index (χ4v) is 4.16. The number of rotatable bonds is 6. The number of aromatic nitrogens is 1. The predicted octanol–water partition coefficient (Wildman–Crippen LogP) is 5.06. The van der Waals surface area contributed by atoms with Crippen molar-refractivity contribution in [3.63, 3.8) is 0 Å². The van der Waals surface area contributed by atoms with Crippen molar-refractivity contribution < 1.29 is 19.4 Å². The third-order valence-corrected chi connectivity index (χ3v) is 5.79. The van der Waals surface area contributed by atoms with E-state index >= 15 is 0 Å². The number of benzene rings is 2. The number of ether oxygens (including phenoxy) is 1. The summed E-state index contributed by atoms with van der Waals surface area (Å²) >= 11 is 6.19. The Balaban J connectivity index is 1.87. The number of carbonyl (C=O) groups excluding carboxylic acids is 2. The molecule has 1 fully saturated rings. The Bertz CT molecular complexity index is 1240. The first-order valence-electron chi connectivity index (χ1n) is 10.6. The Labute approximate surface area is 197 Å². The zero-order valence-corrected chi connectivity index (χ0v) is 19.0. The summed E-state index contributed by atoms with van der Waals surface area (Å²) in [5, 5.41) is 11.6. The lowest BCUT2D eigenvalue weighted by Crippen LogP contribution is -2.29. The van der Waals surface area contributed by atoms with E-state index in [1.165, 1.54) is 4.90 Å². The van der Waals surface area contributed by atoms with E-state index < -0.39 is 17.7 Å². The zero-order chi connectivity index (χ0) is 23.5. The maximum Gasteiger partial charge on any atom is 0.295 e. The number of ketones is 1. The van der Waals surface area contributed by atoms with Crippen molar-refractivity contribution in [2.75, 3.05) is 6.61 Å². The van der Waals surface area contributed by atoms with Gasteiger partial charge in [0.1, 0.15) is 11.5 Å². The van der Waals surface area contributed by atoms with Crippen molar-refractivity contribution in [1.82, 2.24) is 9.88 Å². The van der Waals surface area contributed by atoms with Gasteiger partial charge in [-0.2, -0.15) is 0 Å². The number of likely N-dealkylation sites (tertiary alicyclic amines) is 1. The van der Waals surface area contributed by atoms with Crippen LogP contribution < -0.4 is 4.74 Å². The molecule has 1 saturated heterocycles. The highest BCUT2D eigenvalue weighted by Gasteiger charge is 2.46. The summed E-state index contributed by atoms with van der Waals surface area (Å²) in [6.07, 6.45) is 3.30. The maximum absolute atomic E-state index is 13.2. The van der Waals surface area contributed by atoms with Crippen molar-refractivity contribution in [2.45, 2.75) is 26.4 Å². The van der Waals surface area contributed by atoms with Crippen molar-refractivity contribution in [1.29, 1.82) is 0 Å². The molecule has 1 N–H and O–H groups in total. The van der Waals surface area contributed by atoms with Crippen molar-refractivity contribution in [3.05, 3.63) is 99.8 Å². The standard InChI is InChI=1S/C26H23ClN2O4/c1-3-33-21-13-19(9-10-20(21)27)24(30)22-23(18-8-4-6-16(2)12-18)29(26(32)25(22)31)15-17-7-5-11-28-14-17/h4-14,23,30H,3,15H2,1-2H3/b24-22-.